The van der Waals surface area contributed by atoms with Gasteiger partial charge in [0, 0.05) is 178 Å². The summed E-state index contributed by atoms with van der Waals surface area (Å²) in [7, 11) is 14.4. The number of carbonyl (C=O) groups is 3. The number of nitro groups is 2. The lowest BCUT2D eigenvalue weighted by Gasteiger charge is -2.19. The summed E-state index contributed by atoms with van der Waals surface area (Å²) < 4.78 is 16.8. The molecule has 0 aliphatic heterocycles. The molecule has 608 valence electrons. The number of nitrogen functional groups attached to an aromatic ring is 1. The predicted octanol–water partition coefficient (Wildman–Crippen LogP) is 14.6. The highest BCUT2D eigenvalue weighted by Crippen LogP contribution is 2.35. The van der Waals surface area contributed by atoms with E-state index in [0.29, 0.717) is 71.3 Å². The summed E-state index contributed by atoms with van der Waals surface area (Å²) in [5.41, 5.74) is 13.0. The van der Waals surface area contributed by atoms with Crippen LogP contribution in [0.4, 0.5) is 34.1 Å². The first-order valence-corrected chi connectivity index (χ1v) is 40.9. The molecule has 35 heteroatoms. The van der Waals surface area contributed by atoms with E-state index >= 15 is 0 Å². The number of halogens is 5. The smallest absolute Gasteiger partial charge is 0.332 e. The van der Waals surface area contributed by atoms with E-state index in [1.165, 1.54) is 16.0 Å². The van der Waals surface area contributed by atoms with Crippen molar-refractivity contribution in [2.24, 2.45) is 60.0 Å². The number of rotatable bonds is 11. The second-order valence-corrected chi connectivity index (χ2v) is 33.6. The molecule has 0 radical (unpaired) electrons. The molecule has 0 bridgehead atoms. The molecule has 30 nitrogen and oxygen atoms in total. The van der Waals surface area contributed by atoms with E-state index in [9.17, 15) is 63.4 Å². The third-order valence-electron chi connectivity index (χ3n) is 20.4. The summed E-state index contributed by atoms with van der Waals surface area (Å²) in [6.45, 7) is 0. The van der Waals surface area contributed by atoms with Crippen molar-refractivity contribution < 1.29 is 24.2 Å². The van der Waals surface area contributed by atoms with Gasteiger partial charge < -0.3 is 48.7 Å². The largest absolute Gasteiger partial charge is 0.394 e. The highest BCUT2D eigenvalue weighted by Gasteiger charge is 2.35. The molecule has 3 saturated carbocycles. The van der Waals surface area contributed by atoms with E-state index in [4.69, 9.17) is 5.73 Å². The van der Waals surface area contributed by atoms with Crippen LogP contribution in [0.1, 0.15) is 49.9 Å². The number of nitrogens with one attached hydrogen (secondary N) is 2. The molecule has 0 saturated heterocycles. The number of amides is 3. The number of hydrogen-bond acceptors (Lipinski definition) is 17. The molecule has 0 unspecified atom stereocenters. The second-order valence-electron chi connectivity index (χ2n) is 29.0. The van der Waals surface area contributed by atoms with Gasteiger partial charge in [0.1, 0.15) is 22.9 Å². The number of aryl methyl sites for hydroxylation is 6. The third kappa shape index (κ3) is 18.7. The molecule has 3 fully saturated rings. The van der Waals surface area contributed by atoms with Crippen molar-refractivity contribution in [1.29, 1.82) is 0 Å². The first kappa shape index (κ1) is 84.7. The summed E-state index contributed by atoms with van der Waals surface area (Å²) in [5.74, 6) is 1.01. The number of nitrogens with zero attached hydrogens (tertiary/aromatic N) is 14. The molecule has 3 amide bonds. The number of carbonyl (C=O) groups excluding carboxylic acids is 3. The van der Waals surface area contributed by atoms with Crippen molar-refractivity contribution >= 4 is 203 Å². The Hall–Kier alpha value is -12.2. The van der Waals surface area contributed by atoms with E-state index in [0.717, 1.165) is 113 Å². The molecule has 3 aliphatic carbocycles. The number of hydrogen-bond donors (Lipinski definition) is 3. The molecule has 18 rings (SSSR count). The van der Waals surface area contributed by atoms with Gasteiger partial charge in [-0.1, -0.05) is 85.7 Å². The monoisotopic (exact) mass is 1920 g/mol. The lowest BCUT2D eigenvalue weighted by molar-refractivity contribution is -0.386. The minimum Gasteiger partial charge on any atom is -0.394 e. The molecule has 119 heavy (non-hydrogen) atoms. The van der Waals surface area contributed by atoms with Gasteiger partial charge in [0.15, 0.2) is 5.65 Å². The number of pyridine rings is 7. The fourth-order valence-electron chi connectivity index (χ4n) is 13.5. The summed E-state index contributed by atoms with van der Waals surface area (Å²) in [6, 6.07) is 36.6. The average Bonchev–Trinajstić information content (AvgIpc) is 1.38. The SMILES string of the molecule is CN(C(=O)C1CC1)c1cn(C)c2ccc(Br)cc2c1=O.CN(C(=O)C1CC1)c1cn(C)c2ccc(Cc3nnc4ccc(-c5cnn(C)c5)cn34)cc2c1=O.Cn1cc(N)c(=O)c2cc(Br)ccc21.Cn1cc(NC(=O)C2CC2)c(=O)c2cc(Br)ccc21.Cn1cc([N+](=O)[O-])c(=O)c2cc(Br)ccc21.O=c1c([N+](=O)[O-])c[nH]c2ccc(Br)cc12. The van der Waals surface area contributed by atoms with Crippen LogP contribution in [0.2, 0.25) is 0 Å². The molecule has 0 spiro atoms. The van der Waals surface area contributed by atoms with Gasteiger partial charge in [0.2, 0.25) is 39.4 Å². The van der Waals surface area contributed by atoms with Gasteiger partial charge in [0.25, 0.3) is 10.9 Å². The van der Waals surface area contributed by atoms with Crippen molar-refractivity contribution in [3.05, 3.63) is 292 Å². The maximum Gasteiger partial charge on any atom is 0.332 e. The van der Waals surface area contributed by atoms with Crippen LogP contribution in [0.25, 0.3) is 82.2 Å². The molecular formula is C84H74Br5N17O13. The molecule has 6 aromatic carbocycles. The van der Waals surface area contributed by atoms with Crippen LogP contribution in [-0.2, 0) is 63.1 Å². The number of aromatic amines is 1. The normalized spacial score (nSPS) is 12.8. The Morgan fingerprint density at radius 1 is 0.479 bits per heavy atom. The third-order valence-corrected chi connectivity index (χ3v) is 22.8. The maximum absolute atomic E-state index is 13.4. The first-order chi connectivity index (χ1) is 56.6. The Morgan fingerprint density at radius 3 is 1.39 bits per heavy atom. The van der Waals surface area contributed by atoms with E-state index in [1.54, 1.807) is 110 Å². The van der Waals surface area contributed by atoms with Crippen molar-refractivity contribution in [3.63, 3.8) is 0 Å². The first-order valence-electron chi connectivity index (χ1n) is 36.9. The van der Waals surface area contributed by atoms with Crippen molar-refractivity contribution in [1.82, 2.24) is 52.2 Å². The van der Waals surface area contributed by atoms with Gasteiger partial charge >= 0.3 is 11.4 Å². The topological polar surface area (TPSA) is 373 Å². The molecule has 0 atom stereocenters. The number of benzene rings is 6. The minimum atomic E-state index is -0.695. The lowest BCUT2D eigenvalue weighted by atomic mass is 10.1. The van der Waals surface area contributed by atoms with Crippen LogP contribution in [0.15, 0.2) is 228 Å². The molecule has 9 heterocycles. The van der Waals surface area contributed by atoms with E-state index in [1.807, 2.05) is 143 Å². The number of anilines is 4. The van der Waals surface area contributed by atoms with Gasteiger partial charge in [-0.15, -0.1) is 10.2 Å². The summed E-state index contributed by atoms with van der Waals surface area (Å²) >= 11 is 16.5. The van der Waals surface area contributed by atoms with Gasteiger partial charge in [-0.25, -0.2) is 0 Å². The van der Waals surface area contributed by atoms with Crippen molar-refractivity contribution in [3.8, 4) is 11.1 Å². The van der Waals surface area contributed by atoms with Crippen LogP contribution in [0, 0.1) is 38.0 Å². The Morgan fingerprint density at radius 2 is 0.908 bits per heavy atom. The van der Waals surface area contributed by atoms with Gasteiger partial charge in [-0.05, 0) is 159 Å². The van der Waals surface area contributed by atoms with Crippen LogP contribution >= 0.6 is 79.6 Å². The Labute approximate surface area is 717 Å². The fraction of sp³-hybridized carbons (Fsp3) is 0.214. The van der Waals surface area contributed by atoms with Crippen LogP contribution in [0.3, 0.4) is 0 Å². The number of aromatic nitrogens is 11. The van der Waals surface area contributed by atoms with Crippen LogP contribution in [0.5, 0.6) is 0 Å². The highest BCUT2D eigenvalue weighted by atomic mass is 79.9. The molecular weight excluding hydrogens is 1850 g/mol. The Balaban J connectivity index is 0.000000128. The minimum absolute atomic E-state index is 0.0111. The van der Waals surface area contributed by atoms with Gasteiger partial charge in [-0.3, -0.25) is 72.5 Å². The highest BCUT2D eigenvalue weighted by molar-refractivity contribution is 9.11. The summed E-state index contributed by atoms with van der Waals surface area (Å²) in [6.07, 6.45) is 21.0. The zero-order valence-electron chi connectivity index (χ0n) is 65.0. The lowest BCUT2D eigenvalue weighted by Crippen LogP contribution is -2.32. The zero-order valence-corrected chi connectivity index (χ0v) is 72.9. The van der Waals surface area contributed by atoms with E-state index in [-0.39, 0.29) is 62.9 Å². The predicted molar refractivity (Wildman–Crippen MR) is 478 cm³/mol. The van der Waals surface area contributed by atoms with E-state index < -0.39 is 32.1 Å². The van der Waals surface area contributed by atoms with E-state index in [2.05, 4.69) is 105 Å². The van der Waals surface area contributed by atoms with Crippen molar-refractivity contribution in [2.75, 3.05) is 34.9 Å². The van der Waals surface area contributed by atoms with Gasteiger partial charge in [0.05, 0.1) is 72.5 Å². The average molecular weight is 1930 g/mol. The summed E-state index contributed by atoms with van der Waals surface area (Å²) in [5, 5.41) is 40.0. The fourth-order valence-corrected chi connectivity index (χ4v) is 15.3. The summed E-state index contributed by atoms with van der Waals surface area (Å²) in [4.78, 5) is 136. The number of fused-ring (bicyclic) bond motifs is 7. The molecule has 3 aliphatic rings. The zero-order chi connectivity index (χ0) is 85.4. The quantitative estimate of drug-likeness (QED) is 0.0800. The van der Waals surface area contributed by atoms with Gasteiger partial charge in [-0.2, -0.15) is 5.10 Å². The molecule has 4 N–H and O–H groups in total. The number of nitrogens with two attached hydrogens (primary N) is 1. The Kier molecular flexibility index (Phi) is 25.0. The van der Waals surface area contributed by atoms with Crippen LogP contribution < -0.4 is 53.4 Å². The standard InChI is InChI=1S/C26H25N7O2.C15H15BrN2O2.C14H13BrN2O2.C10H7BrN2O3.C10H9BrN2O.C9H5BrN2O3/c1-30-15-22(32(3)26(35)17-5-6-17)25(34)20-10-16(4-8-21(20)30)11-24-29-28-23-9-7-18(14-33(23)24)19-12-27-31(2)13-19;1-17-8-13(18(2)15(20)9-3-4-9)14(19)11-7-10(16)5-6-12(11)17;1-17-7-11(16-14(19)8-2-3-8)13(18)10-6-9(15)4-5-12(10)17;1-12-5-9(13(15)16)10(14)7-4-6(11)2-3-8(7)12;1-13-5-8(12)10(14)7-4-6(11)2-3-9(7)13;10-5-1-2-7-6(3-5)9(13)8(4-11-7)12(14)15/h4,7-10,12-15,17H,5-6,11H2,1-3H3;5-9H,3-4H2,1-2H3;4-8H,2-3H2,1H3,(H,16,19);2-5H,1H3;2-5H,12H2,1H3;1-4H,(H,11,13). The second kappa shape index (κ2) is 35.2. The molecule has 15 aromatic rings. The maximum atomic E-state index is 13.4. The van der Waals surface area contributed by atoms with Crippen LogP contribution in [-0.4, -0.2) is 93.9 Å². The number of H-pyrrole nitrogens is 1. The molecule has 9 aromatic heterocycles. The Bertz CT molecular complexity index is 7080. The van der Waals surface area contributed by atoms with Crippen molar-refractivity contribution in [2.45, 2.75) is 44.9 Å².